The van der Waals surface area contributed by atoms with Gasteiger partial charge in [0.2, 0.25) is 5.91 Å². The van der Waals surface area contributed by atoms with E-state index in [0.29, 0.717) is 13.0 Å². The van der Waals surface area contributed by atoms with E-state index in [1.807, 2.05) is 0 Å². The van der Waals surface area contributed by atoms with E-state index in [1.165, 1.54) is 154 Å². The molecule has 0 saturated carbocycles. The van der Waals surface area contributed by atoms with Gasteiger partial charge in [0.1, 0.15) is 6.23 Å². The summed E-state index contributed by atoms with van der Waals surface area (Å²) in [6.07, 6.45) is 39.9. The first-order valence-corrected chi connectivity index (χ1v) is 17.8. The third kappa shape index (κ3) is 28.5. The second-order valence-corrected chi connectivity index (χ2v) is 12.1. The number of allylic oxidation sites excluding steroid dienone is 2. The van der Waals surface area contributed by atoms with Crippen molar-refractivity contribution < 1.29 is 9.90 Å². The fourth-order valence-corrected chi connectivity index (χ4v) is 5.49. The summed E-state index contributed by atoms with van der Waals surface area (Å²) in [5.74, 6) is 0.136. The lowest BCUT2D eigenvalue weighted by Crippen LogP contribution is -2.39. The van der Waals surface area contributed by atoms with Gasteiger partial charge in [0.25, 0.3) is 0 Å². The zero-order chi connectivity index (χ0) is 28.7. The molecule has 0 saturated heterocycles. The van der Waals surface area contributed by atoms with Crippen molar-refractivity contribution in [3.8, 4) is 0 Å². The van der Waals surface area contributed by atoms with Crippen molar-refractivity contribution in [1.82, 2.24) is 4.90 Å². The van der Waals surface area contributed by atoms with E-state index >= 15 is 0 Å². The first-order chi connectivity index (χ1) is 19.1. The molecule has 0 heterocycles. The van der Waals surface area contributed by atoms with E-state index in [9.17, 15) is 9.90 Å². The standard InChI is InChI=1S/C36H71NO2/c1-4-6-8-10-12-14-16-18-20-21-23-25-27-29-31-33-36(39)37(35(3)38)34-32-30-28-26-24-22-19-17-15-13-11-9-7-5-2/h18,20,35,38H,4-17,19,21-34H2,1-3H3/b20-18-. The van der Waals surface area contributed by atoms with Gasteiger partial charge in [0.15, 0.2) is 0 Å². The Hall–Kier alpha value is -0.830. The van der Waals surface area contributed by atoms with Crippen LogP contribution in [0.2, 0.25) is 0 Å². The molecule has 3 heteroatoms. The van der Waals surface area contributed by atoms with Crippen LogP contribution < -0.4 is 0 Å². The lowest BCUT2D eigenvalue weighted by Gasteiger charge is -2.25. The van der Waals surface area contributed by atoms with Gasteiger partial charge in [-0.15, -0.1) is 0 Å². The van der Waals surface area contributed by atoms with Crippen molar-refractivity contribution in [3.63, 3.8) is 0 Å². The summed E-state index contributed by atoms with van der Waals surface area (Å²) in [4.78, 5) is 14.3. The van der Waals surface area contributed by atoms with E-state index in [0.717, 1.165) is 19.3 Å². The third-order valence-electron chi connectivity index (χ3n) is 8.18. The van der Waals surface area contributed by atoms with E-state index < -0.39 is 6.23 Å². The predicted octanol–water partition coefficient (Wildman–Crippen LogP) is 11.7. The van der Waals surface area contributed by atoms with Gasteiger partial charge in [-0.2, -0.15) is 0 Å². The summed E-state index contributed by atoms with van der Waals surface area (Å²) in [6.45, 7) is 7.00. The van der Waals surface area contributed by atoms with Gasteiger partial charge in [0.05, 0.1) is 0 Å². The Kier molecular flexibility index (Phi) is 31.0. The molecule has 0 bridgehead atoms. The molecule has 0 rings (SSSR count). The number of hydrogen-bond donors (Lipinski definition) is 1. The SMILES string of the molecule is CCCCCCCC/C=C\CCCCCCCC(=O)N(CCCCCCCCCCCCCCCC)C(C)O. The molecule has 232 valence electrons. The molecule has 1 unspecified atom stereocenters. The number of rotatable bonds is 31. The Morgan fingerprint density at radius 2 is 0.872 bits per heavy atom. The largest absolute Gasteiger partial charge is 0.374 e. The monoisotopic (exact) mass is 550 g/mol. The van der Waals surface area contributed by atoms with E-state index in [1.54, 1.807) is 11.8 Å². The van der Waals surface area contributed by atoms with Crippen LogP contribution in [0.4, 0.5) is 0 Å². The lowest BCUT2D eigenvalue weighted by atomic mass is 10.0. The Bertz CT molecular complexity index is 516. The molecule has 0 aliphatic rings. The van der Waals surface area contributed by atoms with Gasteiger partial charge >= 0.3 is 0 Å². The van der Waals surface area contributed by atoms with Crippen LogP contribution in [-0.4, -0.2) is 28.7 Å². The molecule has 0 aromatic carbocycles. The highest BCUT2D eigenvalue weighted by Crippen LogP contribution is 2.15. The molecule has 0 aromatic heterocycles. The molecular formula is C36H71NO2. The van der Waals surface area contributed by atoms with Crippen LogP contribution in [-0.2, 0) is 4.79 Å². The highest BCUT2D eigenvalue weighted by molar-refractivity contribution is 5.76. The molecule has 0 radical (unpaired) electrons. The molecule has 0 aliphatic carbocycles. The van der Waals surface area contributed by atoms with Crippen LogP contribution in [0.15, 0.2) is 12.2 Å². The Morgan fingerprint density at radius 1 is 0.538 bits per heavy atom. The van der Waals surface area contributed by atoms with Crippen molar-refractivity contribution in [2.75, 3.05) is 6.54 Å². The molecule has 1 N–H and O–H groups in total. The number of nitrogens with zero attached hydrogens (tertiary/aromatic N) is 1. The number of hydrogen-bond acceptors (Lipinski definition) is 2. The highest BCUT2D eigenvalue weighted by atomic mass is 16.3. The topological polar surface area (TPSA) is 40.5 Å². The summed E-state index contributed by atoms with van der Waals surface area (Å²) < 4.78 is 0. The van der Waals surface area contributed by atoms with Crippen molar-refractivity contribution in [2.45, 2.75) is 207 Å². The van der Waals surface area contributed by atoms with E-state index in [2.05, 4.69) is 26.0 Å². The van der Waals surface area contributed by atoms with Crippen LogP contribution in [0.25, 0.3) is 0 Å². The Labute approximate surface area is 246 Å². The Morgan fingerprint density at radius 3 is 1.26 bits per heavy atom. The molecule has 1 atom stereocenters. The number of aliphatic hydroxyl groups excluding tert-OH is 1. The maximum Gasteiger partial charge on any atom is 0.224 e. The quantitative estimate of drug-likeness (QED) is 0.0530. The van der Waals surface area contributed by atoms with Crippen molar-refractivity contribution >= 4 is 5.91 Å². The zero-order valence-electron chi connectivity index (χ0n) is 27.0. The predicted molar refractivity (Wildman–Crippen MR) is 173 cm³/mol. The maximum atomic E-state index is 12.6. The minimum atomic E-state index is -0.664. The minimum absolute atomic E-state index is 0.136. The van der Waals surface area contributed by atoms with Crippen LogP contribution >= 0.6 is 0 Å². The van der Waals surface area contributed by atoms with Crippen LogP contribution in [0, 0.1) is 0 Å². The summed E-state index contributed by atoms with van der Waals surface area (Å²) in [5.41, 5.74) is 0. The lowest BCUT2D eigenvalue weighted by molar-refractivity contribution is -0.140. The maximum absolute atomic E-state index is 12.6. The summed E-state index contributed by atoms with van der Waals surface area (Å²) in [5, 5.41) is 10.1. The minimum Gasteiger partial charge on any atom is -0.374 e. The molecule has 3 nitrogen and oxygen atoms in total. The van der Waals surface area contributed by atoms with Crippen LogP contribution in [0.1, 0.15) is 201 Å². The highest BCUT2D eigenvalue weighted by Gasteiger charge is 2.17. The number of carbonyl (C=O) groups is 1. The number of carbonyl (C=O) groups excluding carboxylic acids is 1. The van der Waals surface area contributed by atoms with Gasteiger partial charge in [-0.1, -0.05) is 161 Å². The summed E-state index contributed by atoms with van der Waals surface area (Å²) in [6, 6.07) is 0. The van der Waals surface area contributed by atoms with Gasteiger partial charge in [0, 0.05) is 13.0 Å². The van der Waals surface area contributed by atoms with Gasteiger partial charge in [-0.05, 0) is 45.4 Å². The average Bonchev–Trinajstić information content (AvgIpc) is 2.92. The number of aliphatic hydroxyl groups is 1. The van der Waals surface area contributed by atoms with Crippen molar-refractivity contribution in [3.05, 3.63) is 12.2 Å². The third-order valence-corrected chi connectivity index (χ3v) is 8.18. The first-order valence-electron chi connectivity index (χ1n) is 17.8. The zero-order valence-corrected chi connectivity index (χ0v) is 27.0. The fraction of sp³-hybridized carbons (Fsp3) is 0.917. The molecule has 1 amide bonds. The molecule has 0 aliphatic heterocycles. The van der Waals surface area contributed by atoms with Gasteiger partial charge in [-0.3, -0.25) is 4.79 Å². The average molecular weight is 550 g/mol. The smallest absolute Gasteiger partial charge is 0.224 e. The van der Waals surface area contributed by atoms with Crippen molar-refractivity contribution in [2.24, 2.45) is 0 Å². The van der Waals surface area contributed by atoms with E-state index in [4.69, 9.17) is 0 Å². The number of amides is 1. The van der Waals surface area contributed by atoms with Gasteiger partial charge < -0.3 is 10.0 Å². The molecule has 0 aromatic rings. The van der Waals surface area contributed by atoms with Crippen molar-refractivity contribution in [1.29, 1.82) is 0 Å². The molecular weight excluding hydrogens is 478 g/mol. The normalized spacial score (nSPS) is 12.4. The van der Waals surface area contributed by atoms with Crippen LogP contribution in [0.5, 0.6) is 0 Å². The van der Waals surface area contributed by atoms with E-state index in [-0.39, 0.29) is 5.91 Å². The molecule has 0 fully saturated rings. The second-order valence-electron chi connectivity index (χ2n) is 12.1. The summed E-state index contributed by atoms with van der Waals surface area (Å²) >= 11 is 0. The molecule has 39 heavy (non-hydrogen) atoms. The van der Waals surface area contributed by atoms with Crippen LogP contribution in [0.3, 0.4) is 0 Å². The summed E-state index contributed by atoms with van der Waals surface area (Å²) in [7, 11) is 0. The number of unbranched alkanes of at least 4 members (excludes halogenated alkanes) is 24. The first kappa shape index (κ1) is 38.2. The fourth-order valence-electron chi connectivity index (χ4n) is 5.49. The Balaban J connectivity index is 3.58. The van der Waals surface area contributed by atoms with Gasteiger partial charge in [-0.25, -0.2) is 0 Å². The molecule has 0 spiro atoms. The second kappa shape index (κ2) is 31.7.